The summed E-state index contributed by atoms with van der Waals surface area (Å²) in [6.45, 7) is 10.3. The second-order valence-electron chi connectivity index (χ2n) is 7.48. The van der Waals surface area contributed by atoms with Crippen molar-refractivity contribution in [2.45, 2.75) is 105 Å². The molecule has 0 saturated carbocycles. The highest BCUT2D eigenvalue weighted by molar-refractivity contribution is 5.77. The van der Waals surface area contributed by atoms with E-state index in [2.05, 4.69) is 49.4 Å². The number of aromatic amines is 1. The number of aryl methyl sites for hydroxylation is 4. The number of hydrogen-bond acceptors (Lipinski definition) is 0. The average molecular weight is 344 g/mol. The van der Waals surface area contributed by atoms with Gasteiger partial charge in [0.2, 0.25) is 0 Å². The molecule has 1 aromatic heterocycles. The molecule has 0 bridgehead atoms. The van der Waals surface area contributed by atoms with Crippen molar-refractivity contribution in [3.63, 3.8) is 0 Å². The molecule has 0 spiro atoms. The van der Waals surface area contributed by atoms with Gasteiger partial charge >= 0.3 is 0 Å². The first-order valence-corrected chi connectivity index (χ1v) is 10.8. The van der Waals surface area contributed by atoms with E-state index in [0.29, 0.717) is 0 Å². The van der Waals surface area contributed by atoms with Gasteiger partial charge in [0.1, 0.15) is 0 Å². The maximum absolute atomic E-state index is 3.87. The van der Waals surface area contributed by atoms with Crippen LogP contribution in [-0.2, 0) is 25.8 Å². The van der Waals surface area contributed by atoms with Gasteiger partial charge in [0, 0.05) is 12.0 Å². The predicted molar refractivity (Wildman–Crippen MR) is 109 cm³/mol. The van der Waals surface area contributed by atoms with Gasteiger partial charge in [-0.2, -0.15) is 0 Å². The van der Waals surface area contributed by atoms with Crippen molar-refractivity contribution in [2.24, 2.45) is 0 Å². The number of benzene rings is 1. The SMILES string of the molecule is CCCCc1ccc2c([nH]c(CCCC)[n+]2CCCC)c1CCCC. The van der Waals surface area contributed by atoms with E-state index in [9.17, 15) is 0 Å². The summed E-state index contributed by atoms with van der Waals surface area (Å²) in [7, 11) is 0. The predicted octanol–water partition coefficient (Wildman–Crippen LogP) is 6.28. The summed E-state index contributed by atoms with van der Waals surface area (Å²) in [6.07, 6.45) is 13.8. The second-order valence-corrected chi connectivity index (χ2v) is 7.48. The van der Waals surface area contributed by atoms with Crippen molar-refractivity contribution < 1.29 is 4.57 Å². The molecule has 1 aromatic carbocycles. The maximum atomic E-state index is 3.87. The zero-order valence-electron chi connectivity index (χ0n) is 17.1. The van der Waals surface area contributed by atoms with E-state index in [-0.39, 0.29) is 0 Å². The fourth-order valence-electron chi connectivity index (χ4n) is 3.75. The molecule has 1 N–H and O–H groups in total. The molecular weight excluding hydrogens is 304 g/mol. The number of aromatic nitrogens is 2. The Morgan fingerprint density at radius 2 is 1.40 bits per heavy atom. The lowest BCUT2D eigenvalue weighted by Crippen LogP contribution is -2.37. The van der Waals surface area contributed by atoms with Gasteiger partial charge in [-0.15, -0.1) is 0 Å². The molecule has 0 aliphatic heterocycles. The van der Waals surface area contributed by atoms with E-state index in [1.54, 1.807) is 11.1 Å². The van der Waals surface area contributed by atoms with Crippen LogP contribution in [0.25, 0.3) is 11.0 Å². The largest absolute Gasteiger partial charge is 0.255 e. The minimum Gasteiger partial charge on any atom is -0.241 e. The standard InChI is InChI=1S/C23H38N2/c1-5-9-13-19-16-17-21-23(20(19)14-10-6-2)24-22(15-11-7-3)25(21)18-12-8-4/h16-17H,5-15,18H2,1-4H3/p+1. The van der Waals surface area contributed by atoms with E-state index in [1.807, 2.05) is 0 Å². The van der Waals surface area contributed by atoms with E-state index in [4.69, 9.17) is 0 Å². The Balaban J connectivity index is 2.49. The third kappa shape index (κ3) is 5.09. The minimum atomic E-state index is 1.15. The number of H-pyrrole nitrogens is 1. The molecule has 0 atom stereocenters. The Bertz CT molecular complexity index is 639. The Kier molecular flexibility index (Phi) is 8.51. The maximum Gasteiger partial charge on any atom is 0.255 e. The van der Waals surface area contributed by atoms with Crippen molar-refractivity contribution in [3.05, 3.63) is 29.1 Å². The lowest BCUT2D eigenvalue weighted by Gasteiger charge is -2.08. The molecule has 0 aliphatic carbocycles. The molecule has 0 aliphatic rings. The van der Waals surface area contributed by atoms with E-state index >= 15 is 0 Å². The second kappa shape index (κ2) is 10.6. The minimum absolute atomic E-state index is 1.15. The monoisotopic (exact) mass is 343 g/mol. The number of rotatable bonds is 12. The van der Waals surface area contributed by atoms with Crippen LogP contribution in [0.4, 0.5) is 0 Å². The van der Waals surface area contributed by atoms with Gasteiger partial charge in [-0.05, 0) is 50.2 Å². The van der Waals surface area contributed by atoms with Crippen LogP contribution < -0.4 is 4.57 Å². The molecular formula is C23H39N2+. The van der Waals surface area contributed by atoms with E-state index in [1.165, 1.54) is 87.5 Å². The summed E-state index contributed by atoms with van der Waals surface area (Å²) in [5, 5.41) is 0. The molecule has 2 heteroatoms. The average Bonchev–Trinajstić information content (AvgIpc) is 2.98. The number of nitrogens with zero attached hydrogens (tertiary/aromatic N) is 1. The quantitative estimate of drug-likeness (QED) is 0.437. The molecule has 2 aromatic rings. The van der Waals surface area contributed by atoms with Crippen LogP contribution in [0.15, 0.2) is 12.1 Å². The fourth-order valence-corrected chi connectivity index (χ4v) is 3.75. The van der Waals surface area contributed by atoms with Crippen LogP contribution in [0.1, 0.15) is 96.0 Å². The lowest BCUT2D eigenvalue weighted by atomic mass is 9.96. The highest BCUT2D eigenvalue weighted by atomic mass is 15.1. The van der Waals surface area contributed by atoms with Gasteiger partial charge < -0.3 is 0 Å². The summed E-state index contributed by atoms with van der Waals surface area (Å²) in [5.74, 6) is 1.44. The summed E-state index contributed by atoms with van der Waals surface area (Å²) in [4.78, 5) is 3.87. The van der Waals surface area contributed by atoms with Crippen LogP contribution in [0.3, 0.4) is 0 Å². The lowest BCUT2D eigenvalue weighted by molar-refractivity contribution is -0.679. The molecule has 2 rings (SSSR count). The molecule has 0 fully saturated rings. The smallest absolute Gasteiger partial charge is 0.241 e. The van der Waals surface area contributed by atoms with Crippen molar-refractivity contribution in [1.29, 1.82) is 0 Å². The van der Waals surface area contributed by atoms with E-state index in [0.717, 1.165) is 6.54 Å². The first kappa shape index (κ1) is 20.0. The molecule has 1 heterocycles. The van der Waals surface area contributed by atoms with Crippen LogP contribution in [0, 0.1) is 0 Å². The van der Waals surface area contributed by atoms with Crippen molar-refractivity contribution >= 4 is 11.0 Å². The van der Waals surface area contributed by atoms with Crippen LogP contribution >= 0.6 is 0 Å². The Morgan fingerprint density at radius 1 is 0.760 bits per heavy atom. The van der Waals surface area contributed by atoms with Gasteiger partial charge in [-0.3, -0.25) is 0 Å². The fraction of sp³-hybridized carbons (Fsp3) is 0.696. The number of unbranched alkanes of at least 4 members (excludes halogenated alkanes) is 4. The summed E-state index contributed by atoms with van der Waals surface area (Å²) >= 11 is 0. The van der Waals surface area contributed by atoms with Crippen molar-refractivity contribution in [3.8, 4) is 0 Å². The number of imidazole rings is 1. The van der Waals surface area contributed by atoms with Gasteiger partial charge in [0.05, 0.1) is 6.54 Å². The zero-order chi connectivity index (χ0) is 18.1. The first-order chi connectivity index (χ1) is 12.3. The Labute approximate surface area is 155 Å². The Morgan fingerprint density at radius 3 is 2.08 bits per heavy atom. The van der Waals surface area contributed by atoms with Crippen molar-refractivity contribution in [1.82, 2.24) is 4.98 Å². The Hall–Kier alpha value is -1.31. The van der Waals surface area contributed by atoms with Crippen LogP contribution in [0.5, 0.6) is 0 Å². The first-order valence-electron chi connectivity index (χ1n) is 10.8. The summed E-state index contributed by atoms with van der Waals surface area (Å²) in [5.41, 5.74) is 6.05. The zero-order valence-corrected chi connectivity index (χ0v) is 17.1. The molecule has 0 saturated heterocycles. The molecule has 140 valence electrons. The van der Waals surface area contributed by atoms with Gasteiger partial charge in [0.25, 0.3) is 5.82 Å². The normalized spacial score (nSPS) is 11.5. The summed E-state index contributed by atoms with van der Waals surface area (Å²) < 4.78 is 2.58. The number of nitrogens with one attached hydrogen (secondary N) is 1. The molecule has 0 unspecified atom stereocenters. The van der Waals surface area contributed by atoms with E-state index < -0.39 is 0 Å². The number of hydrogen-bond donors (Lipinski definition) is 1. The third-order valence-electron chi connectivity index (χ3n) is 5.36. The molecule has 0 amide bonds. The molecule has 0 radical (unpaired) electrons. The summed E-state index contributed by atoms with van der Waals surface area (Å²) in [6, 6.07) is 4.81. The van der Waals surface area contributed by atoms with Crippen LogP contribution in [-0.4, -0.2) is 4.98 Å². The highest BCUT2D eigenvalue weighted by Gasteiger charge is 2.21. The van der Waals surface area contributed by atoms with Crippen molar-refractivity contribution in [2.75, 3.05) is 0 Å². The highest BCUT2D eigenvalue weighted by Crippen LogP contribution is 2.24. The van der Waals surface area contributed by atoms with Gasteiger partial charge in [-0.25, -0.2) is 9.55 Å². The third-order valence-corrected chi connectivity index (χ3v) is 5.36. The topological polar surface area (TPSA) is 19.7 Å². The number of fused-ring (bicyclic) bond motifs is 1. The van der Waals surface area contributed by atoms with Crippen LogP contribution in [0.2, 0.25) is 0 Å². The van der Waals surface area contributed by atoms with Gasteiger partial charge in [0.15, 0.2) is 11.0 Å². The van der Waals surface area contributed by atoms with Gasteiger partial charge in [-0.1, -0.05) is 59.4 Å². The molecule has 2 nitrogen and oxygen atoms in total. The molecule has 25 heavy (non-hydrogen) atoms.